The molecule has 21 heavy (non-hydrogen) atoms. The van der Waals surface area contributed by atoms with Crippen LogP contribution in [0.25, 0.3) is 0 Å². The third kappa shape index (κ3) is 3.85. The molecule has 0 aliphatic heterocycles. The third-order valence-corrected chi connectivity index (χ3v) is 3.07. The van der Waals surface area contributed by atoms with Crippen LogP contribution in [0.3, 0.4) is 0 Å². The molecule has 108 valence electrons. The maximum Gasteiger partial charge on any atom is 0.256 e. The van der Waals surface area contributed by atoms with Gasteiger partial charge >= 0.3 is 0 Å². The van der Waals surface area contributed by atoms with Gasteiger partial charge in [-0.2, -0.15) is 5.10 Å². The second-order valence-corrected chi connectivity index (χ2v) is 4.67. The van der Waals surface area contributed by atoms with E-state index in [2.05, 4.69) is 22.3 Å². The summed E-state index contributed by atoms with van der Waals surface area (Å²) in [5.41, 5.74) is 1.07. The minimum Gasteiger partial charge on any atom is -0.395 e. The number of aliphatic hydroxyl groups is 1. The lowest BCUT2D eigenvalue weighted by Gasteiger charge is -2.06. The molecule has 1 heterocycles. The van der Waals surface area contributed by atoms with Crippen molar-refractivity contribution in [1.29, 1.82) is 0 Å². The van der Waals surface area contributed by atoms with Crippen LogP contribution in [0, 0.1) is 11.8 Å². The molecule has 0 aliphatic carbocycles. The van der Waals surface area contributed by atoms with E-state index in [1.165, 1.54) is 0 Å². The molecule has 1 aromatic carbocycles. The number of carbonyl (C=O) groups is 1. The lowest BCUT2D eigenvalue weighted by atomic mass is 10.1. The van der Waals surface area contributed by atoms with E-state index in [9.17, 15) is 4.79 Å². The van der Waals surface area contributed by atoms with E-state index in [1.54, 1.807) is 42.2 Å². The lowest BCUT2D eigenvalue weighted by molar-refractivity contribution is 0.102. The van der Waals surface area contributed by atoms with Crippen molar-refractivity contribution >= 4 is 23.3 Å². The van der Waals surface area contributed by atoms with Crippen molar-refractivity contribution in [1.82, 2.24) is 9.78 Å². The number of nitrogens with zero attached hydrogens (tertiary/aromatic N) is 2. The summed E-state index contributed by atoms with van der Waals surface area (Å²) in [4.78, 5) is 12.1. The van der Waals surface area contributed by atoms with Crippen LogP contribution in [-0.2, 0) is 7.05 Å². The molecule has 0 saturated carbocycles. The number of aryl methyl sites for hydroxylation is 1. The number of aromatic nitrogens is 2. The first-order valence-electron chi connectivity index (χ1n) is 6.30. The van der Waals surface area contributed by atoms with Gasteiger partial charge in [-0.25, -0.2) is 0 Å². The number of amides is 1. The molecule has 0 aliphatic rings. The zero-order valence-corrected chi connectivity index (χ0v) is 12.2. The number of anilines is 1. The number of hydrogen-bond donors (Lipinski definition) is 2. The summed E-state index contributed by atoms with van der Waals surface area (Å²) in [7, 11) is 1.74. The second kappa shape index (κ2) is 6.93. The van der Waals surface area contributed by atoms with Gasteiger partial charge in [0.25, 0.3) is 5.91 Å². The van der Waals surface area contributed by atoms with Gasteiger partial charge in [-0.15, -0.1) is 0 Å². The highest BCUT2D eigenvalue weighted by Gasteiger charge is 2.10. The van der Waals surface area contributed by atoms with Gasteiger partial charge in [-0.1, -0.05) is 23.4 Å². The predicted octanol–water partition coefficient (Wildman–Crippen LogP) is 2.06. The number of rotatable bonds is 3. The minimum atomic E-state index is -0.268. The highest BCUT2D eigenvalue weighted by molar-refractivity contribution is 6.32. The Labute approximate surface area is 127 Å². The lowest BCUT2D eigenvalue weighted by Crippen LogP contribution is -2.14. The Morgan fingerprint density at radius 3 is 2.90 bits per heavy atom. The van der Waals surface area contributed by atoms with E-state index < -0.39 is 0 Å². The molecule has 5 nitrogen and oxygen atoms in total. The van der Waals surface area contributed by atoms with Crippen LogP contribution < -0.4 is 5.32 Å². The van der Waals surface area contributed by atoms with Crippen molar-refractivity contribution in [3.05, 3.63) is 46.6 Å². The molecular formula is C15H14ClN3O2. The van der Waals surface area contributed by atoms with Crippen molar-refractivity contribution in [2.75, 3.05) is 11.9 Å². The van der Waals surface area contributed by atoms with Gasteiger partial charge in [0.2, 0.25) is 0 Å². The van der Waals surface area contributed by atoms with Crippen molar-refractivity contribution in [3.63, 3.8) is 0 Å². The molecule has 0 atom stereocenters. The Hall–Kier alpha value is -2.29. The number of hydrogen-bond acceptors (Lipinski definition) is 3. The van der Waals surface area contributed by atoms with E-state index in [0.717, 1.165) is 0 Å². The molecule has 0 unspecified atom stereocenters. The average Bonchev–Trinajstić information content (AvgIpc) is 2.86. The van der Waals surface area contributed by atoms with Crippen molar-refractivity contribution in [2.45, 2.75) is 6.42 Å². The molecular weight excluding hydrogens is 290 g/mol. The van der Waals surface area contributed by atoms with Gasteiger partial charge in [0, 0.05) is 30.7 Å². The van der Waals surface area contributed by atoms with Crippen molar-refractivity contribution in [3.8, 4) is 11.8 Å². The van der Waals surface area contributed by atoms with Crippen LogP contribution in [0.15, 0.2) is 30.5 Å². The molecule has 0 spiro atoms. The number of aliphatic hydroxyl groups excluding tert-OH is 1. The predicted molar refractivity (Wildman–Crippen MR) is 81.2 cm³/mol. The van der Waals surface area contributed by atoms with E-state index in [-0.39, 0.29) is 12.5 Å². The summed E-state index contributed by atoms with van der Waals surface area (Å²) in [6.07, 6.45) is 1.99. The maximum atomic E-state index is 12.1. The zero-order valence-electron chi connectivity index (χ0n) is 11.4. The normalized spacial score (nSPS) is 9.86. The Bertz CT molecular complexity index is 713. The molecule has 2 aromatic rings. The molecule has 0 radical (unpaired) electrons. The topological polar surface area (TPSA) is 67.2 Å². The molecule has 2 N–H and O–H groups in total. The van der Waals surface area contributed by atoms with Crippen LogP contribution >= 0.6 is 11.6 Å². The molecule has 0 fully saturated rings. The third-order valence-electron chi connectivity index (χ3n) is 2.75. The first kappa shape index (κ1) is 15.1. The summed E-state index contributed by atoms with van der Waals surface area (Å²) in [6.45, 7) is 0.00973. The molecule has 6 heteroatoms. The van der Waals surface area contributed by atoms with E-state index in [4.69, 9.17) is 16.7 Å². The van der Waals surface area contributed by atoms with Gasteiger partial charge < -0.3 is 10.4 Å². The number of carbonyl (C=O) groups excluding carboxylic acids is 1. The summed E-state index contributed by atoms with van der Waals surface area (Å²) in [6, 6.07) is 6.61. The van der Waals surface area contributed by atoms with Crippen molar-refractivity contribution < 1.29 is 9.90 Å². The van der Waals surface area contributed by atoms with Crippen LogP contribution in [0.1, 0.15) is 22.3 Å². The van der Waals surface area contributed by atoms with Gasteiger partial charge in [0.1, 0.15) is 5.82 Å². The van der Waals surface area contributed by atoms with Gasteiger partial charge in [-0.05, 0) is 18.2 Å². The zero-order chi connectivity index (χ0) is 15.2. The number of benzene rings is 1. The fraction of sp³-hybridized carbons (Fsp3) is 0.200. The first-order chi connectivity index (χ1) is 10.1. The van der Waals surface area contributed by atoms with Crippen LogP contribution in [0.5, 0.6) is 0 Å². The SMILES string of the molecule is Cn1nccc1NC(=O)c1ccc(C#CCCO)c(Cl)c1. The average molecular weight is 304 g/mol. The summed E-state index contributed by atoms with van der Waals surface area (Å²) in [5.74, 6) is 5.97. The molecule has 0 saturated heterocycles. The summed E-state index contributed by atoms with van der Waals surface area (Å²) < 4.78 is 1.56. The van der Waals surface area contributed by atoms with Gasteiger partial charge in [0.05, 0.1) is 17.8 Å². The van der Waals surface area contributed by atoms with E-state index in [1.807, 2.05) is 0 Å². The Kier molecular flexibility index (Phi) is 4.99. The van der Waals surface area contributed by atoms with E-state index in [0.29, 0.717) is 28.4 Å². The molecule has 2 rings (SSSR count). The second-order valence-electron chi connectivity index (χ2n) is 4.26. The number of halogens is 1. The summed E-state index contributed by atoms with van der Waals surface area (Å²) in [5, 5.41) is 15.8. The Morgan fingerprint density at radius 1 is 1.48 bits per heavy atom. The molecule has 1 amide bonds. The van der Waals surface area contributed by atoms with Gasteiger partial charge in [-0.3, -0.25) is 9.48 Å². The van der Waals surface area contributed by atoms with Crippen molar-refractivity contribution in [2.24, 2.45) is 7.05 Å². The highest BCUT2D eigenvalue weighted by Crippen LogP contribution is 2.18. The Balaban J connectivity index is 2.15. The quantitative estimate of drug-likeness (QED) is 0.853. The van der Waals surface area contributed by atoms with Gasteiger partial charge in [0.15, 0.2) is 0 Å². The van der Waals surface area contributed by atoms with Crippen LogP contribution in [0.4, 0.5) is 5.82 Å². The Morgan fingerprint density at radius 2 is 2.29 bits per heavy atom. The highest BCUT2D eigenvalue weighted by atomic mass is 35.5. The smallest absolute Gasteiger partial charge is 0.256 e. The summed E-state index contributed by atoms with van der Waals surface area (Å²) >= 11 is 6.10. The van der Waals surface area contributed by atoms with Crippen LogP contribution in [0.2, 0.25) is 5.02 Å². The fourth-order valence-corrected chi connectivity index (χ4v) is 1.88. The monoisotopic (exact) mass is 303 g/mol. The molecule has 1 aromatic heterocycles. The maximum absolute atomic E-state index is 12.1. The minimum absolute atomic E-state index is 0.00973. The molecule has 0 bridgehead atoms. The van der Waals surface area contributed by atoms with Crippen LogP contribution in [-0.4, -0.2) is 27.4 Å². The fourth-order valence-electron chi connectivity index (χ4n) is 1.66. The largest absolute Gasteiger partial charge is 0.395 e. The number of nitrogens with one attached hydrogen (secondary N) is 1. The first-order valence-corrected chi connectivity index (χ1v) is 6.68. The van der Waals surface area contributed by atoms with E-state index >= 15 is 0 Å². The standard InChI is InChI=1S/C15H14ClN3O2/c1-19-14(7-8-17-19)18-15(21)12-6-5-11(13(16)10-12)4-2-3-9-20/h5-8,10,20H,3,9H2,1H3,(H,18,21).